The summed E-state index contributed by atoms with van der Waals surface area (Å²) >= 11 is 0. The SMILES string of the molecule is COc1nc(N)c(C=N)cc1N=O. The lowest BCUT2D eigenvalue weighted by atomic mass is 10.2. The number of anilines is 1. The van der Waals surface area contributed by atoms with Gasteiger partial charge in [-0.25, -0.2) is 0 Å². The fourth-order valence-corrected chi connectivity index (χ4v) is 0.845. The van der Waals surface area contributed by atoms with E-state index in [9.17, 15) is 4.91 Å². The van der Waals surface area contributed by atoms with Crippen LogP contribution in [0.4, 0.5) is 11.5 Å². The zero-order valence-electron chi connectivity index (χ0n) is 6.94. The Bertz CT molecular complexity index is 351. The van der Waals surface area contributed by atoms with E-state index in [0.29, 0.717) is 5.56 Å². The zero-order chi connectivity index (χ0) is 9.84. The van der Waals surface area contributed by atoms with Gasteiger partial charge >= 0.3 is 0 Å². The standard InChI is InChI=1S/C7H8N4O2/c1-13-7-5(11-12)2-4(3-8)6(9)10-7/h2-3,8H,1H3,(H2,9,10). The number of pyridine rings is 1. The van der Waals surface area contributed by atoms with Gasteiger partial charge in [0.2, 0.25) is 5.88 Å². The second kappa shape index (κ2) is 3.61. The molecule has 0 radical (unpaired) electrons. The van der Waals surface area contributed by atoms with Crippen LogP contribution in [0.3, 0.4) is 0 Å². The van der Waals surface area contributed by atoms with Crippen molar-refractivity contribution in [1.29, 1.82) is 5.41 Å². The van der Waals surface area contributed by atoms with Gasteiger partial charge in [0.25, 0.3) is 0 Å². The van der Waals surface area contributed by atoms with Crippen molar-refractivity contribution >= 4 is 17.7 Å². The maximum Gasteiger partial charge on any atom is 0.245 e. The van der Waals surface area contributed by atoms with Crippen LogP contribution in [-0.2, 0) is 0 Å². The van der Waals surface area contributed by atoms with Crippen molar-refractivity contribution in [3.63, 3.8) is 0 Å². The summed E-state index contributed by atoms with van der Waals surface area (Å²) in [6.45, 7) is 0. The topological polar surface area (TPSA) is 101 Å². The van der Waals surface area contributed by atoms with Gasteiger partial charge in [-0.1, -0.05) is 0 Å². The summed E-state index contributed by atoms with van der Waals surface area (Å²) in [5, 5.41) is 9.65. The number of nitrogens with zero attached hydrogens (tertiary/aromatic N) is 2. The number of nitrogens with one attached hydrogen (secondary N) is 1. The number of rotatable bonds is 3. The van der Waals surface area contributed by atoms with Crippen LogP contribution in [0.5, 0.6) is 5.88 Å². The number of hydrogen-bond donors (Lipinski definition) is 2. The molecule has 0 bridgehead atoms. The molecular formula is C7H8N4O2. The van der Waals surface area contributed by atoms with Gasteiger partial charge in [-0.2, -0.15) is 4.98 Å². The van der Waals surface area contributed by atoms with Gasteiger partial charge in [-0.05, 0) is 11.2 Å². The molecule has 0 unspecified atom stereocenters. The van der Waals surface area contributed by atoms with Crippen LogP contribution in [0.25, 0.3) is 0 Å². The summed E-state index contributed by atoms with van der Waals surface area (Å²) in [5.74, 6) is 0.206. The minimum atomic E-state index is 0.0372. The van der Waals surface area contributed by atoms with Crippen LogP contribution in [0, 0.1) is 10.3 Å². The third-order valence-electron chi connectivity index (χ3n) is 1.48. The molecule has 68 valence electrons. The Morgan fingerprint density at radius 2 is 2.46 bits per heavy atom. The van der Waals surface area contributed by atoms with Crippen LogP contribution in [-0.4, -0.2) is 18.3 Å². The number of ether oxygens (including phenoxy) is 1. The molecule has 3 N–H and O–H groups in total. The van der Waals surface area contributed by atoms with Crippen molar-refractivity contribution in [2.75, 3.05) is 12.8 Å². The van der Waals surface area contributed by atoms with E-state index in [-0.39, 0.29) is 17.4 Å². The molecule has 1 aromatic rings. The zero-order valence-corrected chi connectivity index (χ0v) is 6.94. The fraction of sp³-hybridized carbons (Fsp3) is 0.143. The lowest BCUT2D eigenvalue weighted by molar-refractivity contribution is 0.400. The van der Waals surface area contributed by atoms with E-state index in [4.69, 9.17) is 15.9 Å². The Hall–Kier alpha value is -1.98. The highest BCUT2D eigenvalue weighted by atomic mass is 16.5. The summed E-state index contributed by atoms with van der Waals surface area (Å²) in [6.07, 6.45) is 0.996. The molecule has 0 spiro atoms. The van der Waals surface area contributed by atoms with Gasteiger partial charge in [0.05, 0.1) is 7.11 Å². The molecule has 1 heterocycles. The van der Waals surface area contributed by atoms with Crippen molar-refractivity contribution in [2.45, 2.75) is 0 Å². The minimum absolute atomic E-state index is 0.0372. The highest BCUT2D eigenvalue weighted by Crippen LogP contribution is 2.27. The molecule has 6 heteroatoms. The van der Waals surface area contributed by atoms with E-state index in [1.54, 1.807) is 0 Å². The minimum Gasteiger partial charge on any atom is -0.479 e. The molecule has 1 rings (SSSR count). The molecule has 6 nitrogen and oxygen atoms in total. The Balaban J connectivity index is 3.34. The van der Waals surface area contributed by atoms with Gasteiger partial charge in [0, 0.05) is 11.8 Å². The molecule has 0 fully saturated rings. The summed E-state index contributed by atoms with van der Waals surface area (Å²) < 4.78 is 4.76. The molecule has 0 saturated heterocycles. The molecule has 0 saturated carbocycles. The predicted octanol–water partition coefficient (Wildman–Crippen LogP) is 1.07. The summed E-state index contributed by atoms with van der Waals surface area (Å²) in [6, 6.07) is 1.35. The van der Waals surface area contributed by atoms with Crippen LogP contribution in [0.15, 0.2) is 11.2 Å². The van der Waals surface area contributed by atoms with E-state index >= 15 is 0 Å². The van der Waals surface area contributed by atoms with Gasteiger partial charge in [0.1, 0.15) is 5.82 Å². The molecule has 0 amide bonds. The maximum absolute atomic E-state index is 10.3. The first-order chi connectivity index (χ1) is 6.22. The monoisotopic (exact) mass is 180 g/mol. The van der Waals surface area contributed by atoms with Crippen LogP contribution in [0.1, 0.15) is 5.56 Å². The normalized spacial score (nSPS) is 9.31. The van der Waals surface area contributed by atoms with Crippen LogP contribution >= 0.6 is 0 Å². The van der Waals surface area contributed by atoms with Crippen molar-refractivity contribution in [1.82, 2.24) is 4.98 Å². The molecule has 0 atom stereocenters. The fourth-order valence-electron chi connectivity index (χ4n) is 0.845. The first-order valence-electron chi connectivity index (χ1n) is 3.41. The van der Waals surface area contributed by atoms with E-state index in [1.165, 1.54) is 13.2 Å². The average Bonchev–Trinajstić information content (AvgIpc) is 2.17. The number of nitroso groups, excluding NO2 is 1. The Labute approximate surface area is 74.2 Å². The molecule has 13 heavy (non-hydrogen) atoms. The number of aromatic nitrogens is 1. The van der Waals surface area contributed by atoms with E-state index < -0.39 is 0 Å². The summed E-state index contributed by atoms with van der Waals surface area (Å²) in [7, 11) is 1.36. The Morgan fingerprint density at radius 1 is 1.77 bits per heavy atom. The van der Waals surface area contributed by atoms with E-state index in [1.807, 2.05) is 0 Å². The van der Waals surface area contributed by atoms with Crippen molar-refractivity contribution in [3.05, 3.63) is 16.5 Å². The van der Waals surface area contributed by atoms with Crippen molar-refractivity contribution < 1.29 is 4.74 Å². The van der Waals surface area contributed by atoms with Gasteiger partial charge in [-0.15, -0.1) is 4.91 Å². The maximum atomic E-state index is 10.3. The highest BCUT2D eigenvalue weighted by Gasteiger charge is 2.08. The number of hydrogen-bond acceptors (Lipinski definition) is 6. The summed E-state index contributed by atoms with van der Waals surface area (Å²) in [4.78, 5) is 14.0. The average molecular weight is 180 g/mol. The third kappa shape index (κ3) is 1.61. The predicted molar refractivity (Wildman–Crippen MR) is 48.5 cm³/mol. The molecule has 1 aromatic heterocycles. The third-order valence-corrected chi connectivity index (χ3v) is 1.48. The molecule has 0 aromatic carbocycles. The Morgan fingerprint density at radius 3 is 2.92 bits per heavy atom. The number of nitrogen functional groups attached to an aromatic ring is 1. The largest absolute Gasteiger partial charge is 0.479 e. The first-order valence-corrected chi connectivity index (χ1v) is 3.41. The second-order valence-corrected chi connectivity index (χ2v) is 2.23. The molecule has 0 aliphatic rings. The second-order valence-electron chi connectivity index (χ2n) is 2.23. The van der Waals surface area contributed by atoms with E-state index in [2.05, 4.69) is 10.2 Å². The van der Waals surface area contributed by atoms with Gasteiger partial charge in [0.15, 0.2) is 5.69 Å². The number of nitrogens with two attached hydrogens (primary N) is 1. The lowest BCUT2D eigenvalue weighted by Gasteiger charge is -2.03. The summed E-state index contributed by atoms with van der Waals surface area (Å²) in [5.41, 5.74) is 5.83. The number of methoxy groups -OCH3 is 1. The van der Waals surface area contributed by atoms with Gasteiger partial charge < -0.3 is 15.9 Å². The Kier molecular flexibility index (Phi) is 2.53. The smallest absolute Gasteiger partial charge is 0.245 e. The van der Waals surface area contributed by atoms with E-state index in [0.717, 1.165) is 6.21 Å². The molecule has 0 aliphatic heterocycles. The van der Waals surface area contributed by atoms with Crippen molar-refractivity contribution in [3.8, 4) is 5.88 Å². The van der Waals surface area contributed by atoms with Crippen LogP contribution < -0.4 is 10.5 Å². The van der Waals surface area contributed by atoms with Crippen LogP contribution in [0.2, 0.25) is 0 Å². The first kappa shape index (κ1) is 9.11. The highest BCUT2D eigenvalue weighted by molar-refractivity contribution is 5.85. The quantitative estimate of drug-likeness (QED) is 0.536. The van der Waals surface area contributed by atoms with Crippen molar-refractivity contribution in [2.24, 2.45) is 5.18 Å². The molecule has 0 aliphatic carbocycles. The lowest BCUT2D eigenvalue weighted by Crippen LogP contribution is -1.99. The van der Waals surface area contributed by atoms with Gasteiger partial charge in [-0.3, -0.25) is 0 Å². The molecular weight excluding hydrogens is 172 g/mol.